The predicted octanol–water partition coefficient (Wildman–Crippen LogP) is 4.74. The molecule has 4 aromatic rings. The highest BCUT2D eigenvalue weighted by molar-refractivity contribution is 5.99. The minimum atomic E-state index is -0.264. The molecule has 0 aliphatic rings. The van der Waals surface area contributed by atoms with E-state index in [1.54, 1.807) is 18.5 Å². The summed E-state index contributed by atoms with van der Waals surface area (Å²) in [5.41, 5.74) is 3.37. The van der Waals surface area contributed by atoms with Crippen molar-refractivity contribution in [3.05, 3.63) is 96.1 Å². The highest BCUT2D eigenvalue weighted by Crippen LogP contribution is 2.27. The summed E-state index contributed by atoms with van der Waals surface area (Å²) in [6.07, 6.45) is 3.16. The highest BCUT2D eigenvalue weighted by atomic mass is 16.3. The minimum absolute atomic E-state index is 0.264. The van der Waals surface area contributed by atoms with Gasteiger partial charge in [-0.3, -0.25) is 4.79 Å². The number of anilines is 2. The smallest absolute Gasteiger partial charge is 0.257 e. The lowest BCUT2D eigenvalue weighted by Gasteiger charge is -2.21. The molecular formula is C24H22N4O2. The molecule has 0 fully saturated rings. The summed E-state index contributed by atoms with van der Waals surface area (Å²) < 4.78 is 5.30. The second-order valence-electron chi connectivity index (χ2n) is 6.95. The van der Waals surface area contributed by atoms with Crippen molar-refractivity contribution < 1.29 is 9.21 Å². The molecule has 2 aromatic carbocycles. The molecule has 0 aliphatic carbocycles. The van der Waals surface area contributed by atoms with Gasteiger partial charge in [0.1, 0.15) is 17.1 Å². The Morgan fingerprint density at radius 3 is 2.50 bits per heavy atom. The summed E-state index contributed by atoms with van der Waals surface area (Å²) in [5.74, 6) is 1.51. The zero-order chi connectivity index (χ0) is 20.9. The van der Waals surface area contributed by atoms with Gasteiger partial charge in [-0.05, 0) is 31.2 Å². The molecule has 0 spiro atoms. The summed E-state index contributed by atoms with van der Waals surface area (Å²) in [6.45, 7) is 2.33. The number of amides is 1. The average molecular weight is 398 g/mol. The number of aryl methyl sites for hydroxylation is 1. The number of hydrogen-bond acceptors (Lipinski definition) is 5. The number of aromatic nitrogens is 2. The summed E-state index contributed by atoms with van der Waals surface area (Å²) >= 11 is 0. The third-order valence-corrected chi connectivity index (χ3v) is 4.79. The van der Waals surface area contributed by atoms with Gasteiger partial charge in [-0.15, -0.1) is 0 Å². The largest absolute Gasteiger partial charge is 0.467 e. The molecule has 0 unspecified atom stereocenters. The SMILES string of the molecule is Cc1ccc(N(C)c2nc(-c3ccccc3)ncc2C(=O)NCc2ccco2)cc1. The van der Waals surface area contributed by atoms with E-state index in [9.17, 15) is 4.79 Å². The van der Waals surface area contributed by atoms with Crippen LogP contribution in [0.25, 0.3) is 11.4 Å². The van der Waals surface area contributed by atoms with Crippen molar-refractivity contribution in [2.24, 2.45) is 0 Å². The van der Waals surface area contributed by atoms with Crippen LogP contribution in [0.15, 0.2) is 83.6 Å². The third-order valence-electron chi connectivity index (χ3n) is 4.79. The molecule has 2 heterocycles. The van der Waals surface area contributed by atoms with Crippen LogP contribution in [0.4, 0.5) is 11.5 Å². The zero-order valence-corrected chi connectivity index (χ0v) is 16.9. The van der Waals surface area contributed by atoms with E-state index in [1.807, 2.05) is 79.5 Å². The molecule has 0 radical (unpaired) electrons. The van der Waals surface area contributed by atoms with Crippen LogP contribution in [-0.2, 0) is 6.54 Å². The van der Waals surface area contributed by atoms with Crippen LogP contribution >= 0.6 is 0 Å². The molecule has 0 bridgehead atoms. The van der Waals surface area contributed by atoms with Gasteiger partial charge in [0.2, 0.25) is 0 Å². The Morgan fingerprint density at radius 1 is 1.03 bits per heavy atom. The third kappa shape index (κ3) is 4.22. The van der Waals surface area contributed by atoms with Gasteiger partial charge in [0, 0.05) is 24.5 Å². The van der Waals surface area contributed by atoms with Gasteiger partial charge in [0.15, 0.2) is 5.82 Å². The van der Waals surface area contributed by atoms with Crippen LogP contribution in [0.1, 0.15) is 21.7 Å². The number of furan rings is 1. The molecule has 0 atom stereocenters. The highest BCUT2D eigenvalue weighted by Gasteiger charge is 2.19. The summed E-state index contributed by atoms with van der Waals surface area (Å²) in [7, 11) is 1.89. The maximum absolute atomic E-state index is 12.9. The van der Waals surface area contributed by atoms with Gasteiger partial charge in [0.05, 0.1) is 12.8 Å². The van der Waals surface area contributed by atoms with E-state index in [1.165, 1.54) is 0 Å². The number of hydrogen-bond donors (Lipinski definition) is 1. The topological polar surface area (TPSA) is 71.3 Å². The number of carbonyl (C=O) groups is 1. The van der Waals surface area contributed by atoms with Crippen LogP contribution in [0.2, 0.25) is 0 Å². The number of nitrogens with zero attached hydrogens (tertiary/aromatic N) is 3. The summed E-state index contributed by atoms with van der Waals surface area (Å²) in [4.78, 5) is 24.0. The van der Waals surface area contributed by atoms with Crippen LogP contribution < -0.4 is 10.2 Å². The fraction of sp³-hybridized carbons (Fsp3) is 0.125. The van der Waals surface area contributed by atoms with E-state index in [0.717, 1.165) is 16.8 Å². The van der Waals surface area contributed by atoms with E-state index in [0.29, 0.717) is 29.5 Å². The molecule has 30 heavy (non-hydrogen) atoms. The molecule has 6 heteroatoms. The molecule has 0 saturated heterocycles. The normalized spacial score (nSPS) is 10.6. The van der Waals surface area contributed by atoms with Crippen LogP contribution in [0.5, 0.6) is 0 Å². The Hall–Kier alpha value is -3.93. The number of rotatable bonds is 6. The number of nitrogens with one attached hydrogen (secondary N) is 1. The molecule has 0 saturated carbocycles. The lowest BCUT2D eigenvalue weighted by atomic mass is 10.2. The van der Waals surface area contributed by atoms with Crippen LogP contribution in [-0.4, -0.2) is 22.9 Å². The second kappa shape index (κ2) is 8.61. The van der Waals surface area contributed by atoms with Gasteiger partial charge in [-0.1, -0.05) is 48.0 Å². The van der Waals surface area contributed by atoms with Crippen molar-refractivity contribution >= 4 is 17.4 Å². The van der Waals surface area contributed by atoms with Gasteiger partial charge >= 0.3 is 0 Å². The Kier molecular flexibility index (Phi) is 5.57. The minimum Gasteiger partial charge on any atom is -0.467 e. The fourth-order valence-electron chi connectivity index (χ4n) is 3.08. The molecule has 1 amide bonds. The lowest BCUT2D eigenvalue weighted by Crippen LogP contribution is -2.26. The Bertz CT molecular complexity index is 1120. The van der Waals surface area contributed by atoms with Gasteiger partial charge in [0.25, 0.3) is 5.91 Å². The van der Waals surface area contributed by atoms with Crippen LogP contribution in [0, 0.1) is 6.92 Å². The average Bonchev–Trinajstić information content (AvgIpc) is 3.31. The first-order valence-corrected chi connectivity index (χ1v) is 9.65. The van der Waals surface area contributed by atoms with E-state index in [-0.39, 0.29) is 5.91 Å². The van der Waals surface area contributed by atoms with E-state index in [2.05, 4.69) is 10.3 Å². The van der Waals surface area contributed by atoms with Gasteiger partial charge < -0.3 is 14.6 Å². The lowest BCUT2D eigenvalue weighted by molar-refractivity contribution is 0.0948. The first-order valence-electron chi connectivity index (χ1n) is 9.65. The van der Waals surface area contributed by atoms with Crippen molar-refractivity contribution in [3.63, 3.8) is 0 Å². The van der Waals surface area contributed by atoms with Crippen molar-refractivity contribution in [1.82, 2.24) is 15.3 Å². The molecule has 0 aliphatic heterocycles. The molecule has 4 rings (SSSR count). The maximum atomic E-state index is 12.9. The zero-order valence-electron chi connectivity index (χ0n) is 16.9. The Labute approximate surface area is 175 Å². The molecule has 1 N–H and O–H groups in total. The number of carbonyl (C=O) groups excluding carboxylic acids is 1. The van der Waals surface area contributed by atoms with Gasteiger partial charge in [-0.25, -0.2) is 9.97 Å². The predicted molar refractivity (Wildman–Crippen MR) is 117 cm³/mol. The fourth-order valence-corrected chi connectivity index (χ4v) is 3.08. The molecule has 150 valence electrons. The van der Waals surface area contributed by atoms with Gasteiger partial charge in [-0.2, -0.15) is 0 Å². The Balaban J connectivity index is 1.70. The summed E-state index contributed by atoms with van der Waals surface area (Å²) in [6, 6.07) is 21.4. The second-order valence-corrected chi connectivity index (χ2v) is 6.95. The number of benzene rings is 2. The molecule has 6 nitrogen and oxygen atoms in total. The maximum Gasteiger partial charge on any atom is 0.257 e. The van der Waals surface area contributed by atoms with E-state index in [4.69, 9.17) is 9.40 Å². The van der Waals surface area contributed by atoms with E-state index >= 15 is 0 Å². The van der Waals surface area contributed by atoms with E-state index < -0.39 is 0 Å². The van der Waals surface area contributed by atoms with Crippen molar-refractivity contribution in [3.8, 4) is 11.4 Å². The van der Waals surface area contributed by atoms with Crippen molar-refractivity contribution in [1.29, 1.82) is 0 Å². The first kappa shape index (κ1) is 19.4. The van der Waals surface area contributed by atoms with Crippen molar-refractivity contribution in [2.45, 2.75) is 13.5 Å². The molecular weight excluding hydrogens is 376 g/mol. The molecule has 2 aromatic heterocycles. The quantitative estimate of drug-likeness (QED) is 0.508. The first-order chi connectivity index (χ1) is 14.6. The monoisotopic (exact) mass is 398 g/mol. The summed E-state index contributed by atoms with van der Waals surface area (Å²) in [5, 5.41) is 2.88. The van der Waals surface area contributed by atoms with Crippen molar-refractivity contribution in [2.75, 3.05) is 11.9 Å². The van der Waals surface area contributed by atoms with Crippen LogP contribution in [0.3, 0.4) is 0 Å². The standard InChI is InChI=1S/C24H22N4O2/c1-17-10-12-19(13-11-17)28(2)23-21(24(29)26-15-20-9-6-14-30-20)16-25-22(27-23)18-7-4-3-5-8-18/h3-14,16H,15H2,1-2H3,(H,26,29). The Morgan fingerprint density at radius 2 is 1.80 bits per heavy atom.